The quantitative estimate of drug-likeness (QED) is 0.271. The Labute approximate surface area is 191 Å². The van der Waals surface area contributed by atoms with Crippen molar-refractivity contribution in [2.75, 3.05) is 4.90 Å². The standard InChI is InChI=1S/C30H21NS/c1-3-12-23(13-4-1)31(24-14-5-2-6-15-24)25-16-9-11-22(21-25)26-18-10-19-28-27-17-7-8-20-29(27)32-30(26)28/h1-21H. The summed E-state index contributed by atoms with van der Waals surface area (Å²) >= 11 is 1.88. The first-order valence-electron chi connectivity index (χ1n) is 10.8. The molecule has 0 N–H and O–H groups in total. The molecule has 0 radical (unpaired) electrons. The van der Waals surface area contributed by atoms with Gasteiger partial charge in [0.15, 0.2) is 0 Å². The van der Waals surface area contributed by atoms with Crippen LogP contribution in [0.5, 0.6) is 0 Å². The minimum Gasteiger partial charge on any atom is -0.310 e. The summed E-state index contributed by atoms with van der Waals surface area (Å²) in [5.74, 6) is 0. The molecule has 0 aliphatic rings. The van der Waals surface area contributed by atoms with Crippen LogP contribution < -0.4 is 4.90 Å². The van der Waals surface area contributed by atoms with Crippen molar-refractivity contribution in [3.8, 4) is 11.1 Å². The highest BCUT2D eigenvalue weighted by atomic mass is 32.1. The molecule has 2 heteroatoms. The Morgan fingerprint density at radius 2 is 1.06 bits per heavy atom. The first kappa shape index (κ1) is 18.9. The maximum atomic E-state index is 2.31. The van der Waals surface area contributed by atoms with Crippen molar-refractivity contribution >= 4 is 48.6 Å². The molecule has 0 bridgehead atoms. The zero-order valence-electron chi connectivity index (χ0n) is 17.5. The molecule has 0 atom stereocenters. The number of fused-ring (bicyclic) bond motifs is 3. The number of hydrogen-bond donors (Lipinski definition) is 0. The Kier molecular flexibility index (Phi) is 4.71. The molecule has 0 aliphatic heterocycles. The Morgan fingerprint density at radius 3 is 1.81 bits per heavy atom. The van der Waals surface area contributed by atoms with Gasteiger partial charge in [0, 0.05) is 37.2 Å². The fourth-order valence-corrected chi connectivity index (χ4v) is 5.63. The van der Waals surface area contributed by atoms with Crippen LogP contribution in [-0.2, 0) is 0 Å². The van der Waals surface area contributed by atoms with Gasteiger partial charge in [-0.1, -0.05) is 84.9 Å². The van der Waals surface area contributed by atoms with E-state index in [2.05, 4.69) is 132 Å². The number of rotatable bonds is 4. The van der Waals surface area contributed by atoms with Gasteiger partial charge in [0.1, 0.15) is 0 Å². The smallest absolute Gasteiger partial charge is 0.0467 e. The van der Waals surface area contributed by atoms with E-state index in [9.17, 15) is 0 Å². The molecule has 1 aromatic heterocycles. The normalized spacial score (nSPS) is 11.1. The predicted molar refractivity (Wildman–Crippen MR) is 139 cm³/mol. The van der Waals surface area contributed by atoms with Crippen molar-refractivity contribution in [3.05, 3.63) is 127 Å². The average molecular weight is 428 g/mol. The Hall–Kier alpha value is -3.88. The summed E-state index contributed by atoms with van der Waals surface area (Å²) in [7, 11) is 0. The van der Waals surface area contributed by atoms with E-state index in [-0.39, 0.29) is 0 Å². The summed E-state index contributed by atoms with van der Waals surface area (Å²) in [4.78, 5) is 2.31. The van der Waals surface area contributed by atoms with Crippen LogP contribution in [0, 0.1) is 0 Å². The van der Waals surface area contributed by atoms with E-state index < -0.39 is 0 Å². The fourth-order valence-electron chi connectivity index (χ4n) is 4.39. The molecule has 0 aliphatic carbocycles. The van der Waals surface area contributed by atoms with Crippen LogP contribution in [0.3, 0.4) is 0 Å². The lowest BCUT2D eigenvalue weighted by Gasteiger charge is -2.26. The third-order valence-electron chi connectivity index (χ3n) is 5.85. The van der Waals surface area contributed by atoms with Crippen LogP contribution in [0.25, 0.3) is 31.3 Å². The van der Waals surface area contributed by atoms with Crippen LogP contribution in [0.4, 0.5) is 17.1 Å². The van der Waals surface area contributed by atoms with Gasteiger partial charge in [-0.05, 0) is 53.6 Å². The predicted octanol–water partition coefficient (Wildman–Crippen LogP) is 9.19. The van der Waals surface area contributed by atoms with Crippen molar-refractivity contribution in [1.29, 1.82) is 0 Å². The molecule has 0 fully saturated rings. The maximum absolute atomic E-state index is 2.31. The van der Waals surface area contributed by atoms with Crippen LogP contribution in [0.2, 0.25) is 0 Å². The second-order valence-corrected chi connectivity index (χ2v) is 8.89. The Balaban J connectivity index is 1.54. The molecule has 0 saturated heterocycles. The second-order valence-electron chi connectivity index (χ2n) is 7.84. The van der Waals surface area contributed by atoms with Gasteiger partial charge in [-0.2, -0.15) is 0 Å². The summed E-state index contributed by atoms with van der Waals surface area (Å²) in [5.41, 5.74) is 5.97. The Morgan fingerprint density at radius 1 is 0.469 bits per heavy atom. The Bertz CT molecular complexity index is 1480. The minimum absolute atomic E-state index is 1.15. The lowest BCUT2D eigenvalue weighted by atomic mass is 10.0. The average Bonchev–Trinajstić information content (AvgIpc) is 3.25. The van der Waals surface area contributed by atoms with Gasteiger partial charge in [-0.25, -0.2) is 0 Å². The molecular formula is C30H21NS. The number of thiophene rings is 1. The van der Waals surface area contributed by atoms with Gasteiger partial charge in [-0.3, -0.25) is 0 Å². The third-order valence-corrected chi connectivity index (χ3v) is 7.07. The summed E-state index contributed by atoms with van der Waals surface area (Å²) < 4.78 is 2.68. The lowest BCUT2D eigenvalue weighted by Crippen LogP contribution is -2.09. The van der Waals surface area contributed by atoms with Gasteiger partial charge in [0.05, 0.1) is 0 Å². The molecule has 1 nitrogen and oxygen atoms in total. The molecule has 0 spiro atoms. The lowest BCUT2D eigenvalue weighted by molar-refractivity contribution is 1.28. The van der Waals surface area contributed by atoms with E-state index in [1.807, 2.05) is 11.3 Å². The molecule has 32 heavy (non-hydrogen) atoms. The van der Waals surface area contributed by atoms with E-state index in [1.54, 1.807) is 0 Å². The topological polar surface area (TPSA) is 3.24 Å². The van der Waals surface area contributed by atoms with Crippen molar-refractivity contribution in [2.24, 2.45) is 0 Å². The van der Waals surface area contributed by atoms with Crippen molar-refractivity contribution in [2.45, 2.75) is 0 Å². The van der Waals surface area contributed by atoms with Crippen LogP contribution in [0.1, 0.15) is 0 Å². The van der Waals surface area contributed by atoms with Gasteiger partial charge in [0.2, 0.25) is 0 Å². The van der Waals surface area contributed by atoms with Crippen molar-refractivity contribution in [1.82, 2.24) is 0 Å². The second kappa shape index (κ2) is 7.99. The SMILES string of the molecule is c1ccc(N(c2ccccc2)c2cccc(-c3cccc4c3sc3ccccc34)c2)cc1. The summed E-state index contributed by atoms with van der Waals surface area (Å²) in [5, 5.41) is 2.66. The largest absolute Gasteiger partial charge is 0.310 e. The van der Waals surface area contributed by atoms with Crippen LogP contribution in [0.15, 0.2) is 127 Å². The highest BCUT2D eigenvalue weighted by Gasteiger charge is 2.14. The van der Waals surface area contributed by atoms with Gasteiger partial charge < -0.3 is 4.90 Å². The number of anilines is 3. The first-order chi connectivity index (χ1) is 15.9. The minimum atomic E-state index is 1.15. The van der Waals surface area contributed by atoms with Crippen LogP contribution >= 0.6 is 11.3 Å². The number of hydrogen-bond acceptors (Lipinski definition) is 2. The van der Waals surface area contributed by atoms with Crippen molar-refractivity contribution in [3.63, 3.8) is 0 Å². The molecule has 0 saturated carbocycles. The zero-order valence-corrected chi connectivity index (χ0v) is 18.3. The molecule has 5 aromatic carbocycles. The summed E-state index contributed by atoms with van der Waals surface area (Å²) in [6.45, 7) is 0. The summed E-state index contributed by atoms with van der Waals surface area (Å²) in [6, 6.07) is 45.3. The molecule has 0 amide bonds. The molecule has 0 unspecified atom stereocenters. The van der Waals surface area contributed by atoms with Gasteiger partial charge in [-0.15, -0.1) is 11.3 Å². The maximum Gasteiger partial charge on any atom is 0.0467 e. The number of nitrogens with zero attached hydrogens (tertiary/aromatic N) is 1. The van der Waals surface area contributed by atoms with Gasteiger partial charge >= 0.3 is 0 Å². The first-order valence-corrected chi connectivity index (χ1v) is 11.6. The zero-order chi connectivity index (χ0) is 21.3. The van der Waals surface area contributed by atoms with E-state index in [0.29, 0.717) is 0 Å². The monoisotopic (exact) mass is 427 g/mol. The molecule has 1 heterocycles. The van der Waals surface area contributed by atoms with Crippen LogP contribution in [-0.4, -0.2) is 0 Å². The summed E-state index contributed by atoms with van der Waals surface area (Å²) in [6.07, 6.45) is 0. The molecule has 152 valence electrons. The van der Waals surface area contributed by atoms with Gasteiger partial charge in [0.25, 0.3) is 0 Å². The molecule has 6 aromatic rings. The highest BCUT2D eigenvalue weighted by molar-refractivity contribution is 7.26. The molecule has 6 rings (SSSR count). The third kappa shape index (κ3) is 3.26. The molecular weight excluding hydrogens is 406 g/mol. The van der Waals surface area contributed by atoms with Crippen molar-refractivity contribution < 1.29 is 0 Å². The van der Waals surface area contributed by atoms with E-state index in [0.717, 1.165) is 17.1 Å². The number of para-hydroxylation sites is 2. The van der Waals surface area contributed by atoms with E-state index in [1.165, 1.54) is 31.3 Å². The van der Waals surface area contributed by atoms with E-state index >= 15 is 0 Å². The fraction of sp³-hybridized carbons (Fsp3) is 0. The van der Waals surface area contributed by atoms with E-state index in [4.69, 9.17) is 0 Å². The number of benzene rings is 5. The highest BCUT2D eigenvalue weighted by Crippen LogP contribution is 2.41.